The molecule has 3 aromatic rings. The third kappa shape index (κ3) is 7.75. The van der Waals surface area contributed by atoms with Gasteiger partial charge in [-0.3, -0.25) is 10.2 Å². The highest BCUT2D eigenvalue weighted by Crippen LogP contribution is 2.44. The zero-order chi connectivity index (χ0) is 30.7. The van der Waals surface area contributed by atoms with Crippen molar-refractivity contribution in [3.63, 3.8) is 0 Å². The van der Waals surface area contributed by atoms with E-state index in [4.69, 9.17) is 25.1 Å². The van der Waals surface area contributed by atoms with E-state index in [1.165, 1.54) is 12.1 Å². The van der Waals surface area contributed by atoms with Crippen LogP contribution in [0.5, 0.6) is 5.75 Å². The molecule has 1 aliphatic heterocycles. The Morgan fingerprint density at radius 1 is 1.19 bits per heavy atom. The lowest BCUT2D eigenvalue weighted by atomic mass is 9.83. The molecule has 0 saturated heterocycles. The van der Waals surface area contributed by atoms with Gasteiger partial charge in [0.25, 0.3) is 5.91 Å². The van der Waals surface area contributed by atoms with Crippen LogP contribution in [-0.2, 0) is 22.5 Å². The molecule has 12 heteroatoms. The molecule has 0 unspecified atom stereocenters. The number of hydrogen-bond donors (Lipinski definition) is 3. The zero-order valence-electron chi connectivity index (χ0n) is 23.4. The van der Waals surface area contributed by atoms with Gasteiger partial charge in [-0.25, -0.2) is 19.2 Å². The highest BCUT2D eigenvalue weighted by molar-refractivity contribution is 6.01. The van der Waals surface area contributed by atoms with Gasteiger partial charge in [-0.2, -0.15) is 0 Å². The number of nitrogens with one attached hydrogen (secondary N) is 2. The quantitative estimate of drug-likeness (QED) is 0.0555. The first-order valence-corrected chi connectivity index (χ1v) is 13.7. The Morgan fingerprint density at radius 2 is 1.93 bits per heavy atom. The van der Waals surface area contributed by atoms with E-state index in [0.29, 0.717) is 41.0 Å². The number of rotatable bonds is 15. The van der Waals surface area contributed by atoms with Gasteiger partial charge in [-0.05, 0) is 65.0 Å². The molecule has 0 bridgehead atoms. The lowest BCUT2D eigenvalue weighted by Crippen LogP contribution is -2.53. The monoisotopic (exact) mass is 590 g/mol. The second-order valence-corrected chi connectivity index (χ2v) is 9.78. The van der Waals surface area contributed by atoms with Crippen molar-refractivity contribution in [1.29, 1.82) is 0 Å². The predicted octanol–water partition coefficient (Wildman–Crippen LogP) is 5.23. The summed E-state index contributed by atoms with van der Waals surface area (Å²) in [6.07, 6.45) is 1.51. The normalized spacial score (nSPS) is 17.4. The number of hydrazine groups is 1. The SMILES string of the molecule is C=CC[C@]1(C(=O)NNCCc2cc(F)cc(F)c2)N=C(c2ccc(OCCCO)cc2)O[C@H]1c1ccccc1CN=[N+]=[N-]. The number of aliphatic imine (C=N–C) groups is 1. The molecule has 3 N–H and O–H groups in total. The third-order valence-corrected chi connectivity index (χ3v) is 6.79. The minimum Gasteiger partial charge on any atom is -0.494 e. The number of carbonyl (C=O) groups is 1. The maximum Gasteiger partial charge on any atom is 0.266 e. The van der Waals surface area contributed by atoms with E-state index in [0.717, 1.165) is 6.07 Å². The molecule has 0 radical (unpaired) electrons. The van der Waals surface area contributed by atoms with Crippen molar-refractivity contribution in [3.8, 4) is 5.75 Å². The molecular formula is C31H32F2N6O4. The Kier molecular flexibility index (Phi) is 10.8. The molecule has 224 valence electrons. The van der Waals surface area contributed by atoms with Crippen LogP contribution in [0.3, 0.4) is 0 Å². The molecule has 1 heterocycles. The van der Waals surface area contributed by atoms with Gasteiger partial charge >= 0.3 is 0 Å². The number of nitrogens with zero attached hydrogens (tertiary/aromatic N) is 4. The third-order valence-electron chi connectivity index (χ3n) is 6.79. The largest absolute Gasteiger partial charge is 0.494 e. The zero-order valence-corrected chi connectivity index (χ0v) is 23.4. The summed E-state index contributed by atoms with van der Waals surface area (Å²) in [4.78, 5) is 21.6. The Hall–Kier alpha value is -4.77. The van der Waals surface area contributed by atoms with Gasteiger partial charge in [-0.15, -0.1) is 6.58 Å². The van der Waals surface area contributed by atoms with Gasteiger partial charge in [0.05, 0.1) is 13.2 Å². The minimum atomic E-state index is -1.50. The van der Waals surface area contributed by atoms with Crippen molar-refractivity contribution in [1.82, 2.24) is 10.9 Å². The van der Waals surface area contributed by atoms with E-state index in [2.05, 4.69) is 27.5 Å². The van der Waals surface area contributed by atoms with Crippen LogP contribution in [0.4, 0.5) is 8.78 Å². The molecular weight excluding hydrogens is 558 g/mol. The van der Waals surface area contributed by atoms with E-state index >= 15 is 0 Å². The molecule has 1 amide bonds. The van der Waals surface area contributed by atoms with Gasteiger partial charge in [-0.1, -0.05) is 35.5 Å². The summed E-state index contributed by atoms with van der Waals surface area (Å²) in [6.45, 7) is 4.46. The standard InChI is InChI=1S/C31H32F2N6O4/c1-2-13-31(30(41)38-35-14-12-21-17-24(32)19-25(33)18-21)28(27-7-4-3-6-23(27)20-36-39-34)43-29(37-31)22-8-10-26(11-9-22)42-16-5-15-40/h2-4,6-11,17-19,28,35,40H,1,5,12-16,20H2,(H,38,41)/t28-,31-/m0/s1. The number of amides is 1. The predicted molar refractivity (Wildman–Crippen MR) is 157 cm³/mol. The summed E-state index contributed by atoms with van der Waals surface area (Å²) in [5.74, 6) is -1.05. The maximum atomic E-state index is 13.9. The first-order valence-electron chi connectivity index (χ1n) is 13.7. The number of azide groups is 1. The number of ether oxygens (including phenoxy) is 2. The number of benzene rings is 3. The van der Waals surface area contributed by atoms with E-state index in [1.807, 2.05) is 0 Å². The van der Waals surface area contributed by atoms with Crippen molar-refractivity contribution in [2.24, 2.45) is 10.1 Å². The Labute approximate surface area is 247 Å². The highest BCUT2D eigenvalue weighted by atomic mass is 19.1. The summed E-state index contributed by atoms with van der Waals surface area (Å²) in [5.41, 5.74) is 15.3. The minimum absolute atomic E-state index is 0.0247. The smallest absolute Gasteiger partial charge is 0.266 e. The summed E-state index contributed by atoms with van der Waals surface area (Å²) < 4.78 is 39.2. The van der Waals surface area contributed by atoms with E-state index < -0.39 is 29.2 Å². The molecule has 0 saturated carbocycles. The van der Waals surface area contributed by atoms with Crippen LogP contribution in [0.15, 0.2) is 89.5 Å². The van der Waals surface area contributed by atoms with Crippen LogP contribution in [0.2, 0.25) is 0 Å². The van der Waals surface area contributed by atoms with Gasteiger partial charge in [0.2, 0.25) is 5.90 Å². The average Bonchev–Trinajstić information content (AvgIpc) is 3.39. The molecule has 3 aromatic carbocycles. The van der Waals surface area contributed by atoms with Crippen molar-refractivity contribution >= 4 is 11.8 Å². The molecule has 2 atom stereocenters. The highest BCUT2D eigenvalue weighted by Gasteiger charge is 2.53. The van der Waals surface area contributed by atoms with E-state index in [1.54, 1.807) is 54.6 Å². The van der Waals surface area contributed by atoms with Crippen LogP contribution in [0.1, 0.15) is 41.2 Å². The molecule has 4 rings (SSSR count). The van der Waals surface area contributed by atoms with Gasteiger partial charge < -0.3 is 14.6 Å². The summed E-state index contributed by atoms with van der Waals surface area (Å²) >= 11 is 0. The van der Waals surface area contributed by atoms with Gasteiger partial charge in [0.1, 0.15) is 17.4 Å². The van der Waals surface area contributed by atoms with Gasteiger partial charge in [0.15, 0.2) is 11.6 Å². The van der Waals surface area contributed by atoms with Crippen molar-refractivity contribution < 1.29 is 28.2 Å². The van der Waals surface area contributed by atoms with Crippen LogP contribution >= 0.6 is 0 Å². The Morgan fingerprint density at radius 3 is 2.63 bits per heavy atom. The molecule has 10 nitrogen and oxygen atoms in total. The van der Waals surface area contributed by atoms with Crippen molar-refractivity contribution in [3.05, 3.63) is 124 Å². The van der Waals surface area contributed by atoms with Crippen LogP contribution in [-0.4, -0.2) is 42.2 Å². The fourth-order valence-corrected chi connectivity index (χ4v) is 4.77. The molecule has 0 fully saturated rings. The van der Waals surface area contributed by atoms with Crippen molar-refractivity contribution in [2.45, 2.75) is 37.5 Å². The summed E-state index contributed by atoms with van der Waals surface area (Å²) in [7, 11) is 0. The summed E-state index contributed by atoms with van der Waals surface area (Å²) in [5, 5.41) is 12.7. The number of aliphatic hydroxyl groups excluding tert-OH is 1. The maximum absolute atomic E-state index is 13.9. The number of carbonyl (C=O) groups excluding carboxylic acids is 1. The first kappa shape index (κ1) is 31.2. The van der Waals surface area contributed by atoms with E-state index in [-0.39, 0.29) is 38.4 Å². The topological polar surface area (TPSA) is 141 Å². The van der Waals surface area contributed by atoms with Crippen molar-refractivity contribution in [2.75, 3.05) is 19.8 Å². The molecule has 1 aliphatic rings. The average molecular weight is 591 g/mol. The lowest BCUT2D eigenvalue weighted by molar-refractivity contribution is -0.129. The Balaban J connectivity index is 1.63. The fourth-order valence-electron chi connectivity index (χ4n) is 4.77. The second kappa shape index (κ2) is 14.9. The molecule has 0 aromatic heterocycles. The van der Waals surface area contributed by atoms with E-state index in [9.17, 15) is 13.6 Å². The number of hydrogen-bond acceptors (Lipinski definition) is 7. The lowest BCUT2D eigenvalue weighted by Gasteiger charge is -2.30. The summed E-state index contributed by atoms with van der Waals surface area (Å²) in [6, 6.07) is 17.4. The Bertz CT molecular complexity index is 1490. The number of aliphatic hydroxyl groups is 1. The van der Waals surface area contributed by atoms with Gasteiger partial charge in [0, 0.05) is 42.5 Å². The fraction of sp³-hybridized carbons (Fsp3) is 0.290. The molecule has 0 aliphatic carbocycles. The van der Waals surface area contributed by atoms with Crippen LogP contribution < -0.4 is 15.6 Å². The molecule has 0 spiro atoms. The van der Waals surface area contributed by atoms with Crippen LogP contribution in [0, 0.1) is 11.6 Å². The second-order valence-electron chi connectivity index (χ2n) is 9.78. The first-order chi connectivity index (χ1) is 20.9. The molecule has 43 heavy (non-hydrogen) atoms. The number of halogens is 2. The van der Waals surface area contributed by atoms with Crippen LogP contribution in [0.25, 0.3) is 10.4 Å².